The second-order valence-electron chi connectivity index (χ2n) is 6.42. The van der Waals surface area contributed by atoms with Crippen LogP contribution in [0, 0.1) is 6.92 Å². The van der Waals surface area contributed by atoms with Crippen LogP contribution in [0.25, 0.3) is 16.8 Å². The van der Waals surface area contributed by atoms with Gasteiger partial charge in [0.05, 0.1) is 18.5 Å². The van der Waals surface area contributed by atoms with Crippen molar-refractivity contribution in [2.45, 2.75) is 32.6 Å². The number of aryl methyl sites for hydroxylation is 1. The fourth-order valence-electron chi connectivity index (χ4n) is 3.10. The summed E-state index contributed by atoms with van der Waals surface area (Å²) in [7, 11) is 0. The standard InChI is InChI=1S/C19H19N3O3/c1-3-25-19(24)15-9-17-18(23)20-16(10-22(17)21-15)13-5-4-11(2)14(8-13)12-6-7-12/h4-5,8-10,12H,3,6-7H2,1-2H3,(H,20,23). The van der Waals surface area contributed by atoms with Gasteiger partial charge in [0, 0.05) is 6.07 Å². The van der Waals surface area contributed by atoms with Crippen LogP contribution in [-0.2, 0) is 4.74 Å². The van der Waals surface area contributed by atoms with Crippen molar-refractivity contribution in [2.75, 3.05) is 6.61 Å². The summed E-state index contributed by atoms with van der Waals surface area (Å²) in [4.78, 5) is 27.1. The van der Waals surface area contributed by atoms with Gasteiger partial charge in [-0.1, -0.05) is 12.1 Å². The molecule has 1 N–H and O–H groups in total. The number of H-pyrrole nitrogens is 1. The molecule has 1 aromatic carbocycles. The molecule has 1 aliphatic carbocycles. The third kappa shape index (κ3) is 2.84. The van der Waals surface area contributed by atoms with Gasteiger partial charge in [-0.2, -0.15) is 5.10 Å². The van der Waals surface area contributed by atoms with Crippen molar-refractivity contribution in [3.05, 3.63) is 57.6 Å². The lowest BCUT2D eigenvalue weighted by atomic mass is 10.00. The number of ether oxygens (including phenoxy) is 1. The molecule has 0 saturated heterocycles. The van der Waals surface area contributed by atoms with E-state index in [0.29, 0.717) is 17.1 Å². The van der Waals surface area contributed by atoms with Gasteiger partial charge in [0.2, 0.25) is 0 Å². The Kier molecular flexibility index (Phi) is 3.67. The van der Waals surface area contributed by atoms with E-state index in [1.165, 1.54) is 34.6 Å². The van der Waals surface area contributed by atoms with Crippen LogP contribution >= 0.6 is 0 Å². The number of esters is 1. The van der Waals surface area contributed by atoms with Gasteiger partial charge >= 0.3 is 5.97 Å². The molecule has 6 nitrogen and oxygen atoms in total. The van der Waals surface area contributed by atoms with Gasteiger partial charge in [0.25, 0.3) is 5.56 Å². The van der Waals surface area contributed by atoms with Crippen molar-refractivity contribution in [2.24, 2.45) is 0 Å². The number of rotatable bonds is 4. The first-order valence-electron chi connectivity index (χ1n) is 8.47. The first-order valence-corrected chi connectivity index (χ1v) is 8.47. The molecule has 1 fully saturated rings. The largest absolute Gasteiger partial charge is 0.461 e. The first-order chi connectivity index (χ1) is 12.1. The second kappa shape index (κ2) is 5.88. The smallest absolute Gasteiger partial charge is 0.358 e. The van der Waals surface area contributed by atoms with Gasteiger partial charge < -0.3 is 9.72 Å². The Morgan fingerprint density at radius 1 is 1.36 bits per heavy atom. The van der Waals surface area contributed by atoms with Crippen molar-refractivity contribution >= 4 is 11.5 Å². The molecular weight excluding hydrogens is 318 g/mol. The molecule has 0 unspecified atom stereocenters. The summed E-state index contributed by atoms with van der Waals surface area (Å²) in [6.07, 6.45) is 4.19. The number of benzene rings is 1. The lowest BCUT2D eigenvalue weighted by Crippen LogP contribution is -2.11. The third-order valence-corrected chi connectivity index (χ3v) is 4.56. The lowest BCUT2D eigenvalue weighted by Gasteiger charge is -2.08. The summed E-state index contributed by atoms with van der Waals surface area (Å²) in [5, 5.41) is 4.19. The van der Waals surface area contributed by atoms with Gasteiger partial charge in [0.1, 0.15) is 5.52 Å². The Labute approximate surface area is 144 Å². The van der Waals surface area contributed by atoms with Gasteiger partial charge in [-0.3, -0.25) is 4.79 Å². The van der Waals surface area contributed by atoms with Crippen LogP contribution in [0.4, 0.5) is 0 Å². The van der Waals surface area contributed by atoms with E-state index in [1.54, 1.807) is 13.1 Å². The highest BCUT2D eigenvalue weighted by Crippen LogP contribution is 2.42. The van der Waals surface area contributed by atoms with E-state index in [9.17, 15) is 9.59 Å². The summed E-state index contributed by atoms with van der Waals surface area (Å²) in [6.45, 7) is 4.11. The topological polar surface area (TPSA) is 76.5 Å². The van der Waals surface area contributed by atoms with Crippen molar-refractivity contribution in [3.8, 4) is 11.3 Å². The van der Waals surface area contributed by atoms with Crippen molar-refractivity contribution in [1.29, 1.82) is 0 Å². The fraction of sp³-hybridized carbons (Fsp3) is 0.316. The number of hydrogen-bond acceptors (Lipinski definition) is 4. The van der Waals surface area contributed by atoms with E-state index in [4.69, 9.17) is 4.74 Å². The van der Waals surface area contributed by atoms with Crippen molar-refractivity contribution < 1.29 is 9.53 Å². The zero-order valence-corrected chi connectivity index (χ0v) is 14.2. The van der Waals surface area contributed by atoms with Crippen LogP contribution in [-0.4, -0.2) is 27.2 Å². The maximum atomic E-state index is 12.4. The number of fused-ring (bicyclic) bond motifs is 1. The molecule has 0 amide bonds. The van der Waals surface area contributed by atoms with E-state index >= 15 is 0 Å². The first kappa shape index (κ1) is 15.6. The molecule has 2 aromatic heterocycles. The van der Waals surface area contributed by atoms with Gasteiger partial charge in [-0.25, -0.2) is 9.31 Å². The van der Waals surface area contributed by atoms with Gasteiger partial charge in [-0.15, -0.1) is 0 Å². The molecule has 1 saturated carbocycles. The summed E-state index contributed by atoms with van der Waals surface area (Å²) in [6, 6.07) is 7.66. The fourth-order valence-corrected chi connectivity index (χ4v) is 3.10. The Morgan fingerprint density at radius 3 is 2.88 bits per heavy atom. The molecule has 0 atom stereocenters. The van der Waals surface area contributed by atoms with Crippen LogP contribution in [0.15, 0.2) is 35.3 Å². The summed E-state index contributed by atoms with van der Waals surface area (Å²) < 4.78 is 6.39. The zero-order chi connectivity index (χ0) is 17.6. The summed E-state index contributed by atoms with van der Waals surface area (Å²) in [5.41, 5.74) is 4.41. The number of nitrogens with one attached hydrogen (secondary N) is 1. The predicted molar refractivity (Wildman–Crippen MR) is 93.9 cm³/mol. The van der Waals surface area contributed by atoms with Crippen LogP contribution in [0.1, 0.15) is 47.3 Å². The molecule has 0 aliphatic heterocycles. The summed E-state index contributed by atoms with van der Waals surface area (Å²) >= 11 is 0. The monoisotopic (exact) mass is 337 g/mol. The normalized spacial score (nSPS) is 14.0. The molecule has 0 radical (unpaired) electrons. The minimum Gasteiger partial charge on any atom is -0.461 e. The predicted octanol–water partition coefficient (Wildman–Crippen LogP) is 3.05. The molecule has 0 bridgehead atoms. The Morgan fingerprint density at radius 2 is 2.16 bits per heavy atom. The maximum absolute atomic E-state index is 12.4. The second-order valence-corrected chi connectivity index (χ2v) is 6.42. The van der Waals surface area contributed by atoms with Gasteiger partial charge in [0.15, 0.2) is 5.69 Å². The van der Waals surface area contributed by atoms with E-state index in [1.807, 2.05) is 6.07 Å². The number of carbonyl (C=O) groups is 1. The van der Waals surface area contributed by atoms with Crippen LogP contribution < -0.4 is 5.56 Å². The minimum absolute atomic E-state index is 0.132. The molecule has 4 rings (SSSR count). The number of carbonyl (C=O) groups excluding carboxylic acids is 1. The number of hydrogen-bond donors (Lipinski definition) is 1. The quantitative estimate of drug-likeness (QED) is 0.742. The highest BCUT2D eigenvalue weighted by atomic mass is 16.5. The average molecular weight is 337 g/mol. The average Bonchev–Trinajstić information content (AvgIpc) is 3.33. The molecule has 2 heterocycles. The molecule has 3 aromatic rings. The zero-order valence-electron chi connectivity index (χ0n) is 14.2. The van der Waals surface area contributed by atoms with Crippen molar-refractivity contribution in [1.82, 2.24) is 14.6 Å². The van der Waals surface area contributed by atoms with E-state index < -0.39 is 5.97 Å². The SMILES string of the molecule is CCOC(=O)c1cc2c(=O)[nH]c(-c3ccc(C)c(C4CC4)c3)cn2n1. The molecule has 25 heavy (non-hydrogen) atoms. The Hall–Kier alpha value is -2.89. The van der Waals surface area contributed by atoms with E-state index in [-0.39, 0.29) is 17.9 Å². The van der Waals surface area contributed by atoms with Crippen molar-refractivity contribution in [3.63, 3.8) is 0 Å². The molecule has 0 spiro atoms. The van der Waals surface area contributed by atoms with Crippen LogP contribution in [0.3, 0.4) is 0 Å². The van der Waals surface area contributed by atoms with Crippen LogP contribution in [0.2, 0.25) is 0 Å². The Balaban J connectivity index is 1.79. The molecule has 6 heteroatoms. The lowest BCUT2D eigenvalue weighted by molar-refractivity contribution is 0.0519. The highest BCUT2D eigenvalue weighted by molar-refractivity contribution is 5.88. The van der Waals surface area contributed by atoms with Crippen LogP contribution in [0.5, 0.6) is 0 Å². The number of aromatic nitrogens is 3. The third-order valence-electron chi connectivity index (χ3n) is 4.56. The van der Waals surface area contributed by atoms with E-state index in [2.05, 4.69) is 29.1 Å². The maximum Gasteiger partial charge on any atom is 0.358 e. The minimum atomic E-state index is -0.529. The number of aromatic amines is 1. The molecule has 1 aliphatic rings. The molecule has 128 valence electrons. The highest BCUT2D eigenvalue weighted by Gasteiger charge is 2.25. The summed E-state index contributed by atoms with van der Waals surface area (Å²) in [5.74, 6) is 0.106. The Bertz CT molecular complexity index is 1030. The molecular formula is C19H19N3O3. The van der Waals surface area contributed by atoms with Gasteiger partial charge in [-0.05, 0) is 55.4 Å². The van der Waals surface area contributed by atoms with E-state index in [0.717, 1.165) is 5.56 Å². The number of nitrogens with zero attached hydrogens (tertiary/aromatic N) is 2.